The minimum Gasteiger partial charge on any atom is -0.465 e. The molecule has 106 valence electrons. The number of ether oxygens (including phenoxy) is 1. The standard InChI is InChI=1S/C11H24N3O3P/c1-4-16-11(15)9(2)13-18(12)17-10-5-7-14(3)8-6-10/h9-10,13H,4-8,12H2,1-3H3. The summed E-state index contributed by atoms with van der Waals surface area (Å²) in [5.41, 5.74) is 5.88. The van der Waals surface area contributed by atoms with Gasteiger partial charge in [-0.2, -0.15) is 0 Å². The molecule has 1 saturated heterocycles. The van der Waals surface area contributed by atoms with Crippen molar-refractivity contribution < 1.29 is 14.1 Å². The van der Waals surface area contributed by atoms with Gasteiger partial charge in [-0.15, -0.1) is 0 Å². The van der Waals surface area contributed by atoms with E-state index >= 15 is 0 Å². The van der Waals surface area contributed by atoms with Crippen molar-refractivity contribution in [2.45, 2.75) is 38.8 Å². The number of hydrogen-bond acceptors (Lipinski definition) is 6. The lowest BCUT2D eigenvalue weighted by atomic mass is 10.1. The molecule has 1 fully saturated rings. The zero-order valence-electron chi connectivity index (χ0n) is 11.4. The molecule has 7 heteroatoms. The number of nitrogens with two attached hydrogens (primary N) is 1. The molecule has 0 saturated carbocycles. The highest BCUT2D eigenvalue weighted by atomic mass is 31.2. The van der Waals surface area contributed by atoms with Crippen LogP contribution in [-0.4, -0.2) is 49.8 Å². The number of likely N-dealkylation sites (tertiary alicyclic amines) is 1. The van der Waals surface area contributed by atoms with Crippen LogP contribution in [0.1, 0.15) is 26.7 Å². The summed E-state index contributed by atoms with van der Waals surface area (Å²) >= 11 is 0. The van der Waals surface area contributed by atoms with Crippen LogP contribution in [0.5, 0.6) is 0 Å². The Labute approximate surface area is 110 Å². The SMILES string of the molecule is CCOC(=O)C(C)NP(N)OC1CCN(C)CC1. The third-order valence-electron chi connectivity index (χ3n) is 2.89. The van der Waals surface area contributed by atoms with Crippen LogP contribution in [0.2, 0.25) is 0 Å². The van der Waals surface area contributed by atoms with Gasteiger partial charge in [0.1, 0.15) is 6.04 Å². The monoisotopic (exact) mass is 277 g/mol. The van der Waals surface area contributed by atoms with E-state index in [0.29, 0.717) is 6.61 Å². The van der Waals surface area contributed by atoms with E-state index in [1.807, 2.05) is 0 Å². The molecule has 0 aromatic heterocycles. The molecule has 0 aromatic rings. The lowest BCUT2D eigenvalue weighted by Gasteiger charge is -2.30. The fourth-order valence-electron chi connectivity index (χ4n) is 1.79. The van der Waals surface area contributed by atoms with Crippen LogP contribution in [0.25, 0.3) is 0 Å². The van der Waals surface area contributed by atoms with Gasteiger partial charge < -0.3 is 14.2 Å². The van der Waals surface area contributed by atoms with Crippen LogP contribution in [-0.2, 0) is 14.1 Å². The second kappa shape index (κ2) is 8.02. The van der Waals surface area contributed by atoms with Gasteiger partial charge in [0.15, 0.2) is 8.45 Å². The first-order valence-corrected chi connectivity index (χ1v) is 7.68. The molecule has 0 radical (unpaired) electrons. The summed E-state index contributed by atoms with van der Waals surface area (Å²) in [5, 5.41) is 2.96. The van der Waals surface area contributed by atoms with Gasteiger partial charge in [0.25, 0.3) is 0 Å². The van der Waals surface area contributed by atoms with E-state index in [4.69, 9.17) is 14.8 Å². The van der Waals surface area contributed by atoms with Crippen molar-refractivity contribution in [3.05, 3.63) is 0 Å². The van der Waals surface area contributed by atoms with E-state index in [0.717, 1.165) is 25.9 Å². The van der Waals surface area contributed by atoms with Crippen LogP contribution < -0.4 is 10.6 Å². The van der Waals surface area contributed by atoms with E-state index in [1.165, 1.54) is 0 Å². The highest BCUT2D eigenvalue weighted by molar-refractivity contribution is 7.47. The zero-order chi connectivity index (χ0) is 13.5. The first kappa shape index (κ1) is 15.8. The molecule has 1 aliphatic heterocycles. The minimum atomic E-state index is -1.27. The number of piperidine rings is 1. The average Bonchev–Trinajstić information content (AvgIpc) is 2.32. The van der Waals surface area contributed by atoms with Crippen LogP contribution in [0.3, 0.4) is 0 Å². The van der Waals surface area contributed by atoms with E-state index in [1.54, 1.807) is 13.8 Å². The van der Waals surface area contributed by atoms with E-state index in [-0.39, 0.29) is 12.1 Å². The highest BCUT2D eigenvalue weighted by Crippen LogP contribution is 2.29. The van der Waals surface area contributed by atoms with Crippen LogP contribution in [0.15, 0.2) is 0 Å². The lowest BCUT2D eigenvalue weighted by Crippen LogP contribution is -2.37. The summed E-state index contributed by atoms with van der Waals surface area (Å²) < 4.78 is 10.6. The summed E-state index contributed by atoms with van der Waals surface area (Å²) in [4.78, 5) is 13.7. The lowest BCUT2D eigenvalue weighted by molar-refractivity contribution is -0.144. The number of hydrogen-bond donors (Lipinski definition) is 2. The molecule has 18 heavy (non-hydrogen) atoms. The van der Waals surface area contributed by atoms with Crippen molar-refractivity contribution >= 4 is 14.4 Å². The maximum absolute atomic E-state index is 11.4. The Morgan fingerprint density at radius 1 is 1.56 bits per heavy atom. The molecule has 1 aliphatic rings. The number of rotatable bonds is 6. The van der Waals surface area contributed by atoms with Crippen molar-refractivity contribution in [3.8, 4) is 0 Å². The number of carbonyl (C=O) groups is 1. The molecule has 3 N–H and O–H groups in total. The molecule has 1 rings (SSSR count). The molecular weight excluding hydrogens is 253 g/mol. The van der Waals surface area contributed by atoms with Crippen molar-refractivity contribution in [2.24, 2.45) is 5.50 Å². The maximum atomic E-state index is 11.4. The van der Waals surface area contributed by atoms with Gasteiger partial charge in [0.2, 0.25) is 0 Å². The van der Waals surface area contributed by atoms with Gasteiger partial charge in [-0.1, -0.05) is 0 Å². The Kier molecular flexibility index (Phi) is 7.04. The first-order valence-electron chi connectivity index (χ1n) is 6.35. The van der Waals surface area contributed by atoms with Crippen LogP contribution >= 0.6 is 8.45 Å². The number of nitrogens with zero attached hydrogens (tertiary/aromatic N) is 1. The van der Waals surface area contributed by atoms with Crippen molar-refractivity contribution in [1.82, 2.24) is 9.99 Å². The second-order valence-corrected chi connectivity index (χ2v) is 5.66. The first-order chi connectivity index (χ1) is 8.52. The summed E-state index contributed by atoms with van der Waals surface area (Å²) in [6.07, 6.45) is 2.17. The molecule has 0 aromatic carbocycles. The number of carbonyl (C=O) groups excluding carboxylic acids is 1. The fraction of sp³-hybridized carbons (Fsp3) is 0.909. The Hall–Kier alpha value is -0.260. The molecule has 0 bridgehead atoms. The Morgan fingerprint density at radius 2 is 2.17 bits per heavy atom. The largest absolute Gasteiger partial charge is 0.465 e. The van der Waals surface area contributed by atoms with Crippen LogP contribution in [0.4, 0.5) is 0 Å². The summed E-state index contributed by atoms with van der Waals surface area (Å²) in [6, 6.07) is -0.424. The predicted molar refractivity (Wildman–Crippen MR) is 71.9 cm³/mol. The topological polar surface area (TPSA) is 76.8 Å². The summed E-state index contributed by atoms with van der Waals surface area (Å²) in [5.74, 6) is -0.289. The van der Waals surface area contributed by atoms with Crippen LogP contribution in [0, 0.1) is 0 Å². The van der Waals surface area contributed by atoms with Gasteiger partial charge in [0.05, 0.1) is 12.7 Å². The predicted octanol–water partition coefficient (Wildman–Crippen LogP) is 0.824. The molecule has 6 nitrogen and oxygen atoms in total. The normalized spacial score (nSPS) is 21.6. The Morgan fingerprint density at radius 3 is 2.72 bits per heavy atom. The molecule has 1 heterocycles. The van der Waals surface area contributed by atoms with Crippen molar-refractivity contribution in [2.75, 3.05) is 26.7 Å². The third kappa shape index (κ3) is 5.59. The second-order valence-electron chi connectivity index (χ2n) is 4.54. The van der Waals surface area contributed by atoms with Gasteiger partial charge in [-0.05, 0) is 33.7 Å². The summed E-state index contributed by atoms with van der Waals surface area (Å²) in [6.45, 7) is 5.95. The van der Waals surface area contributed by atoms with Crippen molar-refractivity contribution in [1.29, 1.82) is 0 Å². The fourth-order valence-corrected chi connectivity index (χ4v) is 2.87. The number of nitrogens with one attached hydrogen (secondary N) is 1. The molecule has 0 amide bonds. The third-order valence-corrected chi connectivity index (χ3v) is 4.06. The number of esters is 1. The van der Waals surface area contributed by atoms with Gasteiger partial charge in [-0.25, -0.2) is 5.09 Å². The molecule has 2 unspecified atom stereocenters. The Bertz CT molecular complexity index is 260. The highest BCUT2D eigenvalue weighted by Gasteiger charge is 2.22. The molecular formula is C11H24N3O3P. The van der Waals surface area contributed by atoms with E-state index in [9.17, 15) is 4.79 Å². The van der Waals surface area contributed by atoms with Crippen molar-refractivity contribution in [3.63, 3.8) is 0 Å². The quantitative estimate of drug-likeness (QED) is 0.553. The van der Waals surface area contributed by atoms with E-state index in [2.05, 4.69) is 17.0 Å². The smallest absolute Gasteiger partial charge is 0.323 e. The summed E-state index contributed by atoms with van der Waals surface area (Å²) in [7, 11) is 0.830. The minimum absolute atomic E-state index is 0.194. The molecule has 2 atom stereocenters. The van der Waals surface area contributed by atoms with Gasteiger partial charge in [-0.3, -0.25) is 10.3 Å². The Balaban J connectivity index is 2.24. The van der Waals surface area contributed by atoms with E-state index < -0.39 is 14.5 Å². The zero-order valence-corrected chi connectivity index (χ0v) is 12.3. The van der Waals surface area contributed by atoms with Gasteiger partial charge >= 0.3 is 5.97 Å². The van der Waals surface area contributed by atoms with Gasteiger partial charge in [0, 0.05) is 13.1 Å². The average molecular weight is 277 g/mol. The molecule has 0 spiro atoms. The molecule has 0 aliphatic carbocycles. The maximum Gasteiger partial charge on any atom is 0.323 e.